The molecule has 2 aliphatic rings. The number of hydrogen-bond donors (Lipinski definition) is 5. The first-order chi connectivity index (χ1) is 21.7. The van der Waals surface area contributed by atoms with Crippen molar-refractivity contribution in [1.82, 2.24) is 20.4 Å². The van der Waals surface area contributed by atoms with Gasteiger partial charge in [0.1, 0.15) is 24.2 Å². The zero-order valence-electron chi connectivity index (χ0n) is 25.0. The lowest BCUT2D eigenvalue weighted by Gasteiger charge is -2.37. The highest BCUT2D eigenvalue weighted by atomic mass is 32.2. The molecule has 2 aliphatic heterocycles. The maximum absolute atomic E-state index is 13.9. The SMILES string of the molecule is CC(=O)N1C(=O)SC[C@H]1C(=O)N[C@@H](CSCP(=O)(O)O)C(=O)N1CCCC[C@H]1C(=O)N[C@@H](Cc1ccc2ccccc2c1)C(N)=O. The van der Waals surface area contributed by atoms with Crippen molar-refractivity contribution in [2.24, 2.45) is 5.73 Å². The van der Waals surface area contributed by atoms with Crippen LogP contribution in [0, 0.1) is 0 Å². The monoisotopic (exact) mass is 693 g/mol. The first kappa shape index (κ1) is 35.4. The Labute approximate surface area is 273 Å². The van der Waals surface area contributed by atoms with Crippen molar-refractivity contribution in [2.45, 2.75) is 56.8 Å². The molecule has 2 aromatic carbocycles. The van der Waals surface area contributed by atoms with Crippen LogP contribution >= 0.6 is 31.1 Å². The summed E-state index contributed by atoms with van der Waals surface area (Å²) in [5.74, 6) is -3.75. The number of fused-ring (bicyclic) bond motifs is 1. The van der Waals surface area contributed by atoms with Crippen molar-refractivity contribution in [3.63, 3.8) is 0 Å². The molecule has 248 valence electrons. The topological polar surface area (TPSA) is 217 Å². The fourth-order valence-electron chi connectivity index (χ4n) is 5.45. The van der Waals surface area contributed by atoms with E-state index < -0.39 is 72.0 Å². The molecular formula is C29H36N5O9PS2. The highest BCUT2D eigenvalue weighted by molar-refractivity contribution is 8.14. The number of primary amides is 1. The average molecular weight is 694 g/mol. The number of imide groups is 1. The quantitative estimate of drug-likeness (QED) is 0.199. The van der Waals surface area contributed by atoms with Gasteiger partial charge in [-0.15, -0.1) is 11.8 Å². The van der Waals surface area contributed by atoms with Crippen LogP contribution in [0.4, 0.5) is 4.79 Å². The van der Waals surface area contributed by atoms with Crippen molar-refractivity contribution in [2.75, 3.05) is 23.5 Å². The predicted octanol–water partition coefficient (Wildman–Crippen LogP) is 1.17. The molecule has 2 fully saturated rings. The molecule has 2 heterocycles. The zero-order valence-corrected chi connectivity index (χ0v) is 27.5. The largest absolute Gasteiger partial charge is 0.368 e. The molecule has 2 aromatic rings. The van der Waals surface area contributed by atoms with E-state index in [0.717, 1.165) is 51.7 Å². The summed E-state index contributed by atoms with van der Waals surface area (Å²) in [6.07, 6.45) is 1.54. The molecular weight excluding hydrogens is 657 g/mol. The van der Waals surface area contributed by atoms with Gasteiger partial charge in [0.25, 0.3) is 5.24 Å². The smallest absolute Gasteiger partial charge is 0.335 e. The Morgan fingerprint density at radius 2 is 1.70 bits per heavy atom. The Morgan fingerprint density at radius 3 is 2.37 bits per heavy atom. The lowest BCUT2D eigenvalue weighted by molar-refractivity contribution is -0.145. The molecule has 4 atom stereocenters. The summed E-state index contributed by atoms with van der Waals surface area (Å²) in [5.41, 5.74) is 5.81. The normalized spacial score (nSPS) is 19.8. The van der Waals surface area contributed by atoms with E-state index in [2.05, 4.69) is 10.6 Å². The minimum absolute atomic E-state index is 0.0265. The fourth-order valence-corrected chi connectivity index (χ4v) is 8.29. The molecule has 6 N–H and O–H groups in total. The van der Waals surface area contributed by atoms with E-state index in [1.807, 2.05) is 42.5 Å². The third kappa shape index (κ3) is 9.10. The van der Waals surface area contributed by atoms with E-state index in [1.54, 1.807) is 0 Å². The molecule has 0 aromatic heterocycles. The second-order valence-electron chi connectivity index (χ2n) is 11.1. The first-order valence-corrected chi connectivity index (χ1v) is 18.5. The number of nitrogens with two attached hydrogens (primary N) is 1. The zero-order chi connectivity index (χ0) is 33.6. The maximum atomic E-state index is 13.9. The molecule has 0 aliphatic carbocycles. The lowest BCUT2D eigenvalue weighted by Crippen LogP contribution is -2.61. The summed E-state index contributed by atoms with van der Waals surface area (Å²) < 4.78 is 11.5. The summed E-state index contributed by atoms with van der Waals surface area (Å²) in [5, 5.41) is 6.59. The fraction of sp³-hybridized carbons (Fsp3) is 0.448. The number of hydrogen-bond acceptors (Lipinski definition) is 9. The van der Waals surface area contributed by atoms with Gasteiger partial charge in [-0.25, -0.2) is 0 Å². The highest BCUT2D eigenvalue weighted by Crippen LogP contribution is 2.39. The van der Waals surface area contributed by atoms with Crippen LogP contribution in [-0.2, 0) is 35.0 Å². The average Bonchev–Trinajstić information content (AvgIpc) is 3.40. The number of rotatable bonds is 12. The van der Waals surface area contributed by atoms with Crippen LogP contribution in [0.15, 0.2) is 42.5 Å². The summed E-state index contributed by atoms with van der Waals surface area (Å²) in [6.45, 7) is 1.29. The predicted molar refractivity (Wildman–Crippen MR) is 174 cm³/mol. The van der Waals surface area contributed by atoms with Gasteiger partial charge in [0.15, 0.2) is 0 Å². The second kappa shape index (κ2) is 15.4. The highest BCUT2D eigenvalue weighted by Gasteiger charge is 2.42. The van der Waals surface area contributed by atoms with E-state index in [9.17, 15) is 43.1 Å². The number of benzene rings is 2. The van der Waals surface area contributed by atoms with Crippen LogP contribution < -0.4 is 16.4 Å². The van der Waals surface area contributed by atoms with Gasteiger partial charge in [-0.2, -0.15) is 0 Å². The molecule has 0 saturated carbocycles. The third-order valence-electron chi connectivity index (χ3n) is 7.68. The van der Waals surface area contributed by atoms with E-state index in [-0.39, 0.29) is 30.9 Å². The summed E-state index contributed by atoms with van der Waals surface area (Å²) in [4.78, 5) is 98.0. The van der Waals surface area contributed by atoms with Gasteiger partial charge in [-0.05, 0) is 35.6 Å². The van der Waals surface area contributed by atoms with E-state index in [1.165, 1.54) is 4.90 Å². The summed E-state index contributed by atoms with van der Waals surface area (Å²) in [6, 6.07) is 8.73. The van der Waals surface area contributed by atoms with Crippen LogP contribution in [0.3, 0.4) is 0 Å². The molecule has 0 bridgehead atoms. The molecule has 14 nitrogen and oxygen atoms in total. The van der Waals surface area contributed by atoms with Crippen LogP contribution in [0.1, 0.15) is 31.7 Å². The summed E-state index contributed by atoms with van der Waals surface area (Å²) in [7, 11) is -4.45. The maximum Gasteiger partial charge on any atom is 0.335 e. The van der Waals surface area contributed by atoms with Crippen molar-refractivity contribution in [1.29, 1.82) is 0 Å². The van der Waals surface area contributed by atoms with E-state index in [4.69, 9.17) is 5.73 Å². The molecule has 6 amide bonds. The van der Waals surface area contributed by atoms with Gasteiger partial charge in [0.05, 0.1) is 5.49 Å². The second-order valence-corrected chi connectivity index (χ2v) is 15.2. The number of thioether (sulfide) groups is 2. The number of piperidine rings is 1. The Kier molecular flexibility index (Phi) is 11.9. The molecule has 0 radical (unpaired) electrons. The first-order valence-electron chi connectivity index (χ1n) is 14.5. The Hall–Kier alpha value is -3.43. The van der Waals surface area contributed by atoms with Gasteiger partial charge < -0.3 is 31.1 Å². The molecule has 17 heteroatoms. The minimum Gasteiger partial charge on any atom is -0.368 e. The summed E-state index contributed by atoms with van der Waals surface area (Å²) >= 11 is 1.52. The van der Waals surface area contributed by atoms with Crippen molar-refractivity contribution in [3.8, 4) is 0 Å². The lowest BCUT2D eigenvalue weighted by atomic mass is 9.98. The molecule has 0 unspecified atom stereocenters. The van der Waals surface area contributed by atoms with Gasteiger partial charge in [-0.3, -0.25) is 38.2 Å². The number of carbonyl (C=O) groups excluding carboxylic acids is 6. The van der Waals surface area contributed by atoms with Gasteiger partial charge in [0.2, 0.25) is 29.5 Å². The van der Waals surface area contributed by atoms with Gasteiger partial charge in [0, 0.05) is 31.4 Å². The van der Waals surface area contributed by atoms with Crippen LogP contribution in [0.2, 0.25) is 0 Å². The Bertz CT molecular complexity index is 1570. The van der Waals surface area contributed by atoms with E-state index >= 15 is 0 Å². The van der Waals surface area contributed by atoms with Gasteiger partial charge >= 0.3 is 7.60 Å². The van der Waals surface area contributed by atoms with Gasteiger partial charge in [-0.1, -0.05) is 54.2 Å². The van der Waals surface area contributed by atoms with Crippen LogP contribution in [0.5, 0.6) is 0 Å². The number of carbonyl (C=O) groups is 6. The molecule has 2 saturated heterocycles. The molecule has 4 rings (SSSR count). The van der Waals surface area contributed by atoms with Crippen molar-refractivity contribution >= 4 is 76.7 Å². The number of nitrogens with one attached hydrogen (secondary N) is 2. The third-order valence-corrected chi connectivity index (χ3v) is 11.2. The van der Waals surface area contributed by atoms with Crippen molar-refractivity contribution < 1.29 is 43.1 Å². The Morgan fingerprint density at radius 1 is 1.02 bits per heavy atom. The van der Waals surface area contributed by atoms with Crippen molar-refractivity contribution in [3.05, 3.63) is 48.0 Å². The number of nitrogens with zero attached hydrogens (tertiary/aromatic N) is 2. The standard InChI is InChI=1S/C29H36N5O9PS2/c1-17(35)34-24(15-46-29(34)40)27(38)32-22(14-45-16-44(41,42)43)28(39)33-11-5-4-8-23(33)26(37)31-21(25(30)36)13-18-9-10-19-6-2-3-7-20(19)12-18/h2-3,6-7,9-10,12,21-24H,4-5,8,11,13-16H2,1H3,(H2,30,36)(H,31,37)(H,32,38)(H2,41,42,43)/t21-,22-,23-,24-/m0/s1. The number of likely N-dealkylation sites (tertiary alicyclic amines) is 1. The molecule has 46 heavy (non-hydrogen) atoms. The molecule has 0 spiro atoms. The van der Waals surface area contributed by atoms with Crippen LogP contribution in [-0.4, -0.2) is 102 Å². The van der Waals surface area contributed by atoms with E-state index in [0.29, 0.717) is 12.8 Å². The minimum atomic E-state index is -4.45. The van der Waals surface area contributed by atoms with Crippen LogP contribution in [0.25, 0.3) is 10.8 Å². The Balaban J connectivity index is 1.51. The number of amides is 6.